The Kier molecular flexibility index (Phi) is 9.64. The van der Waals surface area contributed by atoms with Crippen molar-refractivity contribution in [2.45, 2.75) is 24.2 Å². The van der Waals surface area contributed by atoms with Crippen molar-refractivity contribution in [3.05, 3.63) is 71.4 Å². The molecule has 10 heteroatoms. The lowest BCUT2D eigenvalue weighted by atomic mass is 9.98. The van der Waals surface area contributed by atoms with Crippen LogP contribution in [0.4, 0.5) is 19.4 Å². The van der Waals surface area contributed by atoms with Gasteiger partial charge in [0, 0.05) is 20.2 Å². The van der Waals surface area contributed by atoms with E-state index in [9.17, 15) is 13.6 Å². The van der Waals surface area contributed by atoms with Gasteiger partial charge >= 0.3 is 6.03 Å². The van der Waals surface area contributed by atoms with Crippen LogP contribution in [0.3, 0.4) is 0 Å². The standard InChI is InChI=1S/C13H17F2NO.C12H14N4OS/c1-17-7-6-16-5-4-11(9-16)10-2-3-12(14)13(15)8-10;1-8-10(18-2)11(14-12(13)17)16(15-8)9-6-4-3-5-7-9/h2-3,8,11H,4-7,9H2,1H3;3-7H,1-2H3,(H3,13,14,17). The molecule has 2 aromatic carbocycles. The van der Waals surface area contributed by atoms with E-state index in [4.69, 9.17) is 10.5 Å². The van der Waals surface area contributed by atoms with E-state index in [1.807, 2.05) is 43.5 Å². The second-order valence-electron chi connectivity index (χ2n) is 8.16. The highest BCUT2D eigenvalue weighted by molar-refractivity contribution is 7.98. The van der Waals surface area contributed by atoms with E-state index in [-0.39, 0.29) is 0 Å². The van der Waals surface area contributed by atoms with Gasteiger partial charge in [-0.1, -0.05) is 24.3 Å². The molecule has 1 saturated heterocycles. The molecule has 2 amide bonds. The van der Waals surface area contributed by atoms with Crippen LogP contribution in [0.15, 0.2) is 53.4 Å². The zero-order valence-electron chi connectivity index (χ0n) is 20.1. The Hall–Kier alpha value is -2.95. The molecule has 1 unspecified atom stereocenters. The largest absolute Gasteiger partial charge is 0.383 e. The molecule has 1 atom stereocenters. The first kappa shape index (κ1) is 26.7. The Bertz CT molecular complexity index is 1130. The van der Waals surface area contributed by atoms with Crippen LogP contribution in [-0.4, -0.2) is 60.3 Å². The fraction of sp³-hybridized carbons (Fsp3) is 0.360. The Balaban J connectivity index is 0.000000196. The summed E-state index contributed by atoms with van der Waals surface area (Å²) in [4.78, 5) is 14.3. The number of nitrogens with zero attached hydrogens (tertiary/aromatic N) is 3. The summed E-state index contributed by atoms with van der Waals surface area (Å²) in [6.07, 6.45) is 2.93. The fourth-order valence-corrected chi connectivity index (χ4v) is 4.70. The van der Waals surface area contributed by atoms with Crippen molar-refractivity contribution in [3.63, 3.8) is 0 Å². The van der Waals surface area contributed by atoms with Gasteiger partial charge in [0.25, 0.3) is 0 Å². The number of thioether (sulfide) groups is 1. The number of methoxy groups -OCH3 is 1. The number of amides is 2. The summed E-state index contributed by atoms with van der Waals surface area (Å²) in [6, 6.07) is 13.2. The van der Waals surface area contributed by atoms with E-state index in [1.165, 1.54) is 23.9 Å². The number of urea groups is 1. The van der Waals surface area contributed by atoms with Gasteiger partial charge in [0.05, 0.1) is 22.9 Å². The number of carbonyl (C=O) groups is 1. The third kappa shape index (κ3) is 7.03. The van der Waals surface area contributed by atoms with Gasteiger partial charge in [0.1, 0.15) is 0 Å². The number of halogens is 2. The lowest BCUT2D eigenvalue weighted by Gasteiger charge is -2.15. The molecule has 1 aliphatic heterocycles. The number of carbonyl (C=O) groups excluding carboxylic acids is 1. The van der Waals surface area contributed by atoms with Crippen molar-refractivity contribution in [2.24, 2.45) is 5.73 Å². The lowest BCUT2D eigenvalue weighted by Crippen LogP contribution is -2.24. The zero-order chi connectivity index (χ0) is 25.4. The topological polar surface area (TPSA) is 85.4 Å². The molecular weight excluding hydrogens is 472 g/mol. The quantitative estimate of drug-likeness (QED) is 0.453. The van der Waals surface area contributed by atoms with Crippen LogP contribution in [-0.2, 0) is 4.74 Å². The lowest BCUT2D eigenvalue weighted by molar-refractivity contribution is 0.160. The molecule has 1 fully saturated rings. The highest BCUT2D eigenvalue weighted by Crippen LogP contribution is 2.31. The molecule has 35 heavy (non-hydrogen) atoms. The summed E-state index contributed by atoms with van der Waals surface area (Å²) < 4.78 is 32.7. The van der Waals surface area contributed by atoms with Crippen molar-refractivity contribution in [3.8, 4) is 5.69 Å². The fourth-order valence-electron chi connectivity index (χ4n) is 4.03. The molecule has 1 aliphatic rings. The number of ether oxygens (including phenoxy) is 1. The summed E-state index contributed by atoms with van der Waals surface area (Å²) in [7, 11) is 1.68. The predicted molar refractivity (Wildman–Crippen MR) is 135 cm³/mol. The third-order valence-corrected chi connectivity index (χ3v) is 6.65. The van der Waals surface area contributed by atoms with Crippen molar-refractivity contribution in [1.82, 2.24) is 14.7 Å². The first-order valence-electron chi connectivity index (χ1n) is 11.3. The van der Waals surface area contributed by atoms with Crippen LogP contribution in [0, 0.1) is 18.6 Å². The molecule has 3 N–H and O–H groups in total. The van der Waals surface area contributed by atoms with Crippen LogP contribution in [0.5, 0.6) is 0 Å². The molecule has 0 bridgehead atoms. The van der Waals surface area contributed by atoms with Gasteiger partial charge in [-0.25, -0.2) is 18.3 Å². The van der Waals surface area contributed by atoms with Crippen molar-refractivity contribution >= 4 is 23.6 Å². The Morgan fingerprint density at radius 2 is 1.97 bits per heavy atom. The van der Waals surface area contributed by atoms with Gasteiger partial charge in [-0.05, 0) is 61.9 Å². The number of primary amides is 1. The number of rotatable bonds is 7. The van der Waals surface area contributed by atoms with Gasteiger partial charge in [-0.15, -0.1) is 11.8 Å². The predicted octanol–water partition coefficient (Wildman–Crippen LogP) is 4.79. The average Bonchev–Trinajstić information content (AvgIpc) is 3.44. The van der Waals surface area contributed by atoms with E-state index in [0.717, 1.165) is 47.9 Å². The third-order valence-electron chi connectivity index (χ3n) is 5.75. The van der Waals surface area contributed by atoms with Crippen LogP contribution >= 0.6 is 11.8 Å². The number of para-hydroxylation sites is 1. The van der Waals surface area contributed by atoms with Crippen molar-refractivity contribution in [2.75, 3.05) is 44.9 Å². The van der Waals surface area contributed by atoms with E-state index in [0.29, 0.717) is 18.3 Å². The van der Waals surface area contributed by atoms with Crippen molar-refractivity contribution in [1.29, 1.82) is 0 Å². The summed E-state index contributed by atoms with van der Waals surface area (Å²) in [5, 5.41) is 7.06. The molecule has 0 saturated carbocycles. The molecule has 4 rings (SSSR count). The van der Waals surface area contributed by atoms with Gasteiger partial charge in [-0.2, -0.15) is 5.10 Å². The molecule has 7 nitrogen and oxygen atoms in total. The molecular formula is C25H31F2N5O2S. The van der Waals surface area contributed by atoms with E-state index >= 15 is 0 Å². The van der Waals surface area contributed by atoms with Gasteiger partial charge in [-0.3, -0.25) is 5.32 Å². The second kappa shape index (κ2) is 12.7. The van der Waals surface area contributed by atoms with Crippen LogP contribution < -0.4 is 11.1 Å². The number of nitrogens with two attached hydrogens (primary N) is 1. The number of benzene rings is 2. The molecule has 0 aliphatic carbocycles. The minimum absolute atomic E-state index is 0.307. The zero-order valence-corrected chi connectivity index (χ0v) is 20.9. The number of aryl methyl sites for hydroxylation is 1. The van der Waals surface area contributed by atoms with Crippen molar-refractivity contribution < 1.29 is 18.3 Å². The first-order chi connectivity index (χ1) is 16.8. The summed E-state index contributed by atoms with van der Waals surface area (Å²) in [5.74, 6) is -0.610. The Morgan fingerprint density at radius 3 is 2.60 bits per heavy atom. The maximum atomic E-state index is 13.1. The summed E-state index contributed by atoms with van der Waals surface area (Å²) >= 11 is 1.53. The van der Waals surface area contributed by atoms with Gasteiger partial charge < -0.3 is 15.4 Å². The highest BCUT2D eigenvalue weighted by Gasteiger charge is 2.24. The van der Waals surface area contributed by atoms with Gasteiger partial charge in [0.15, 0.2) is 17.5 Å². The van der Waals surface area contributed by atoms with E-state index < -0.39 is 17.7 Å². The highest BCUT2D eigenvalue weighted by atomic mass is 32.2. The smallest absolute Gasteiger partial charge is 0.317 e. The number of hydrogen-bond acceptors (Lipinski definition) is 5. The second-order valence-corrected chi connectivity index (χ2v) is 8.97. The molecule has 0 radical (unpaired) electrons. The van der Waals surface area contributed by atoms with Crippen LogP contribution in [0.2, 0.25) is 0 Å². The SMILES string of the molecule is COCCN1CCC(c2ccc(F)c(F)c2)C1.CSc1c(C)nn(-c2ccccc2)c1NC(N)=O. The maximum Gasteiger partial charge on any atom is 0.317 e. The molecule has 3 aromatic rings. The normalized spacial score (nSPS) is 15.5. The Morgan fingerprint density at radius 1 is 1.23 bits per heavy atom. The number of aromatic nitrogens is 2. The summed E-state index contributed by atoms with van der Waals surface area (Å²) in [6.45, 7) is 5.40. The minimum Gasteiger partial charge on any atom is -0.383 e. The molecule has 1 aromatic heterocycles. The number of likely N-dealkylation sites (tertiary alicyclic amines) is 1. The Labute approximate surface area is 208 Å². The number of nitrogens with one attached hydrogen (secondary N) is 1. The molecule has 2 heterocycles. The van der Waals surface area contributed by atoms with Gasteiger partial charge in [0.2, 0.25) is 0 Å². The minimum atomic E-state index is -0.775. The molecule has 188 valence electrons. The van der Waals surface area contributed by atoms with Crippen LogP contribution in [0.1, 0.15) is 23.6 Å². The maximum absolute atomic E-state index is 13.1. The van der Waals surface area contributed by atoms with E-state index in [2.05, 4.69) is 15.3 Å². The summed E-state index contributed by atoms with van der Waals surface area (Å²) in [5.41, 5.74) is 7.83. The first-order valence-corrected chi connectivity index (χ1v) is 12.5. The molecule has 0 spiro atoms. The monoisotopic (exact) mass is 503 g/mol. The number of hydrogen-bond donors (Lipinski definition) is 2. The average molecular weight is 504 g/mol. The van der Waals surface area contributed by atoms with E-state index in [1.54, 1.807) is 17.9 Å². The van der Waals surface area contributed by atoms with Crippen LogP contribution in [0.25, 0.3) is 5.69 Å². The number of anilines is 1.